The number of aromatic nitrogens is 1. The van der Waals surface area contributed by atoms with Gasteiger partial charge < -0.3 is 14.7 Å². The number of amides is 1. The second-order valence-corrected chi connectivity index (χ2v) is 6.14. The number of carbonyl (C=O) groups excluding carboxylic acids is 1. The Morgan fingerprint density at radius 1 is 1.23 bits per heavy atom. The first-order chi connectivity index (χ1) is 12.3. The zero-order chi connectivity index (χ0) is 19.3. The minimum atomic E-state index is -0.448. The summed E-state index contributed by atoms with van der Waals surface area (Å²) in [5.41, 5.74) is 2.40. The van der Waals surface area contributed by atoms with Crippen LogP contribution in [0.4, 0.5) is 4.79 Å². The Morgan fingerprint density at radius 2 is 1.88 bits per heavy atom. The lowest BCUT2D eigenvalue weighted by Crippen LogP contribution is -2.25. The number of carbonyl (C=O) groups is 1. The maximum Gasteiger partial charge on any atom is 0.414 e. The number of aryl methyl sites for hydroxylation is 1. The molecule has 1 N–H and O–H groups in total. The van der Waals surface area contributed by atoms with Crippen LogP contribution < -0.4 is 4.74 Å². The Morgan fingerprint density at radius 3 is 2.50 bits per heavy atom. The Hall–Kier alpha value is -2.80. The minimum absolute atomic E-state index is 0.0226. The predicted octanol–water partition coefficient (Wildman–Crippen LogP) is 3.26. The fraction of sp³-hybridized carbons (Fsp3) is 0.278. The second kappa shape index (κ2) is 8.53. The molecule has 0 aliphatic rings. The number of pyridine rings is 1. The summed E-state index contributed by atoms with van der Waals surface area (Å²) in [6.45, 7) is 3.70. The van der Waals surface area contributed by atoms with Gasteiger partial charge in [-0.25, -0.2) is 9.78 Å². The van der Waals surface area contributed by atoms with Gasteiger partial charge in [-0.3, -0.25) is 4.84 Å². The van der Waals surface area contributed by atoms with Crippen molar-refractivity contribution < 1.29 is 23.7 Å². The average molecular weight is 379 g/mol. The molecule has 1 amide bonds. The third-order valence-electron chi connectivity index (χ3n) is 3.46. The van der Waals surface area contributed by atoms with E-state index < -0.39 is 6.09 Å². The molecule has 2 rings (SSSR count). The largest absolute Gasteiger partial charge is 0.505 e. The number of hydrogen-bond acceptors (Lipinski definition) is 5. The van der Waals surface area contributed by atoms with E-state index in [-0.39, 0.29) is 12.4 Å². The molecule has 1 aromatic heterocycles. The van der Waals surface area contributed by atoms with E-state index in [4.69, 9.17) is 21.4 Å². The number of halogens is 1. The van der Waals surface area contributed by atoms with Gasteiger partial charge in [0.25, 0.3) is 5.71 Å². The lowest BCUT2D eigenvalue weighted by molar-refractivity contribution is -0.688. The highest BCUT2D eigenvalue weighted by Gasteiger charge is 2.19. The van der Waals surface area contributed by atoms with Gasteiger partial charge in [0.1, 0.15) is 11.5 Å². The summed E-state index contributed by atoms with van der Waals surface area (Å²) >= 11 is 6.12. The molecule has 2 aromatic rings. The number of aromatic hydroxyl groups is 1. The summed E-state index contributed by atoms with van der Waals surface area (Å²) in [5, 5.41) is 9.91. The molecule has 138 valence electrons. The molecule has 8 heteroatoms. The summed E-state index contributed by atoms with van der Waals surface area (Å²) in [4.78, 5) is 22.6. The number of rotatable bonds is 5. The molecule has 0 radical (unpaired) electrons. The summed E-state index contributed by atoms with van der Waals surface area (Å²) in [5.74, 6) is 0.459. The van der Waals surface area contributed by atoms with Gasteiger partial charge in [-0.1, -0.05) is 12.1 Å². The van der Waals surface area contributed by atoms with Crippen molar-refractivity contribution >= 4 is 23.6 Å². The van der Waals surface area contributed by atoms with Crippen molar-refractivity contribution in [2.45, 2.75) is 20.5 Å². The van der Waals surface area contributed by atoms with E-state index in [0.29, 0.717) is 17.2 Å². The molecule has 0 saturated carbocycles. The van der Waals surface area contributed by atoms with Crippen LogP contribution in [0.2, 0.25) is 0 Å². The Kier molecular flexibility index (Phi) is 6.41. The molecule has 0 atom stereocenters. The first kappa shape index (κ1) is 19.5. The zero-order valence-electron chi connectivity index (χ0n) is 15.1. The maximum atomic E-state index is 11.5. The van der Waals surface area contributed by atoms with Crippen LogP contribution in [0.25, 0.3) is 0 Å². The van der Waals surface area contributed by atoms with Crippen molar-refractivity contribution in [2.75, 3.05) is 14.1 Å². The number of hydrogen-bond donors (Lipinski definition) is 1. The topological polar surface area (TPSA) is 74.9 Å². The molecule has 7 nitrogen and oxygen atoms in total. The summed E-state index contributed by atoms with van der Waals surface area (Å²) in [6, 6.07) is 10.1. The molecule has 0 saturated heterocycles. The lowest BCUT2D eigenvalue weighted by atomic mass is 10.2. The Balaban J connectivity index is 2.03. The fourth-order valence-corrected chi connectivity index (χ4v) is 2.10. The molecule has 26 heavy (non-hydrogen) atoms. The quantitative estimate of drug-likeness (QED) is 0.491. The van der Waals surface area contributed by atoms with E-state index in [1.165, 1.54) is 4.90 Å². The highest BCUT2D eigenvalue weighted by molar-refractivity contribution is 6.10. The fourth-order valence-electron chi connectivity index (χ4n) is 1.97. The van der Waals surface area contributed by atoms with E-state index in [1.807, 2.05) is 6.92 Å². The molecule has 1 aromatic carbocycles. The van der Waals surface area contributed by atoms with Crippen molar-refractivity contribution in [2.24, 2.45) is 0 Å². The van der Waals surface area contributed by atoms with E-state index in [2.05, 4.69) is 4.98 Å². The van der Waals surface area contributed by atoms with Crippen molar-refractivity contribution in [3.05, 3.63) is 53.3 Å². The number of ether oxygens (including phenoxy) is 1. The molecule has 1 heterocycles. The van der Waals surface area contributed by atoms with Crippen LogP contribution in [0.5, 0.6) is 11.5 Å². The van der Waals surface area contributed by atoms with Crippen LogP contribution in [-0.2, 0) is 11.4 Å². The minimum Gasteiger partial charge on any atom is -0.505 e. The van der Waals surface area contributed by atoms with Crippen molar-refractivity contribution in [3.63, 3.8) is 0 Å². The number of nitrogens with zero attached hydrogens (tertiary/aromatic N) is 3. The SMILES string of the molecule is CC(c1nc(C)ccc1O)=[N+](Cl)OCc1ccc(OC(=O)N(C)C)cc1. The van der Waals surface area contributed by atoms with Crippen LogP contribution in [0.1, 0.15) is 23.9 Å². The third-order valence-corrected chi connectivity index (χ3v) is 3.81. The summed E-state index contributed by atoms with van der Waals surface area (Å²) in [6.07, 6.45) is -0.448. The Labute approximate surface area is 157 Å². The molecule has 0 spiro atoms. The molecular formula is C18H21ClN3O4+. The van der Waals surface area contributed by atoms with Crippen molar-refractivity contribution in [1.29, 1.82) is 0 Å². The van der Waals surface area contributed by atoms with Crippen molar-refractivity contribution in [1.82, 2.24) is 9.88 Å². The van der Waals surface area contributed by atoms with Crippen LogP contribution in [0.3, 0.4) is 0 Å². The second-order valence-electron chi connectivity index (χ2n) is 5.83. The van der Waals surface area contributed by atoms with Gasteiger partial charge in [-0.2, -0.15) is 0 Å². The highest BCUT2D eigenvalue weighted by atomic mass is 35.5. The van der Waals surface area contributed by atoms with Crippen LogP contribution in [-0.4, -0.2) is 45.1 Å². The highest BCUT2D eigenvalue weighted by Crippen LogP contribution is 2.17. The van der Waals surface area contributed by atoms with Gasteiger partial charge in [0.05, 0.1) is 4.26 Å². The first-order valence-corrected chi connectivity index (χ1v) is 8.19. The van der Waals surface area contributed by atoms with E-state index in [0.717, 1.165) is 15.5 Å². The summed E-state index contributed by atoms with van der Waals surface area (Å²) < 4.78 is 6.19. The predicted molar refractivity (Wildman–Crippen MR) is 97.5 cm³/mol. The van der Waals surface area contributed by atoms with E-state index >= 15 is 0 Å². The van der Waals surface area contributed by atoms with Crippen molar-refractivity contribution in [3.8, 4) is 11.5 Å². The summed E-state index contributed by atoms with van der Waals surface area (Å²) in [7, 11) is 3.22. The molecule has 0 bridgehead atoms. The van der Waals surface area contributed by atoms with E-state index in [9.17, 15) is 9.90 Å². The van der Waals surface area contributed by atoms with Gasteiger partial charge in [-0.15, -0.1) is 0 Å². The van der Waals surface area contributed by atoms with Gasteiger partial charge in [-0.05, 0) is 36.8 Å². The van der Waals surface area contributed by atoms with Crippen LogP contribution in [0.15, 0.2) is 36.4 Å². The molecule has 0 aliphatic carbocycles. The first-order valence-electron chi connectivity index (χ1n) is 7.85. The molecule has 0 unspecified atom stereocenters. The monoisotopic (exact) mass is 378 g/mol. The van der Waals surface area contributed by atoms with Crippen LogP contribution in [0, 0.1) is 6.92 Å². The standard InChI is InChI=1S/C18H20ClN3O4/c1-12-5-10-16(23)17(20-12)13(2)22(19)25-11-14-6-8-15(9-7-14)26-18(24)21(3)4/h5-10H,11H2,1-4H3/p+1. The molecule has 0 fully saturated rings. The van der Waals surface area contributed by atoms with Crippen LogP contribution >= 0.6 is 11.8 Å². The lowest BCUT2D eigenvalue weighted by Gasteiger charge is -2.10. The normalized spacial score (nSPS) is 11.6. The van der Waals surface area contributed by atoms with Gasteiger partial charge >= 0.3 is 17.9 Å². The maximum absolute atomic E-state index is 11.5. The van der Waals surface area contributed by atoms with Gasteiger partial charge in [0, 0.05) is 26.7 Å². The van der Waals surface area contributed by atoms with Gasteiger partial charge in [0.15, 0.2) is 12.3 Å². The van der Waals surface area contributed by atoms with Gasteiger partial charge in [0.2, 0.25) is 0 Å². The third kappa shape index (κ3) is 5.10. The molecular weight excluding hydrogens is 358 g/mol. The van der Waals surface area contributed by atoms with E-state index in [1.54, 1.807) is 57.4 Å². The smallest absolute Gasteiger partial charge is 0.414 e. The molecule has 0 aliphatic heterocycles. The average Bonchev–Trinajstić information content (AvgIpc) is 2.62. The number of benzene rings is 1. The zero-order valence-corrected chi connectivity index (χ0v) is 15.8. The Bertz CT molecular complexity index is 820.